The van der Waals surface area contributed by atoms with Crippen molar-refractivity contribution in [2.75, 3.05) is 13.2 Å². The van der Waals surface area contributed by atoms with Crippen molar-refractivity contribution in [1.29, 1.82) is 0 Å². The second-order valence-electron chi connectivity index (χ2n) is 5.96. The van der Waals surface area contributed by atoms with Gasteiger partial charge in [0.15, 0.2) is 0 Å². The summed E-state index contributed by atoms with van der Waals surface area (Å²) in [5.41, 5.74) is 6.72. The highest BCUT2D eigenvalue weighted by molar-refractivity contribution is 5.94. The Morgan fingerprint density at radius 1 is 1.38 bits per heavy atom. The van der Waals surface area contributed by atoms with E-state index in [0.717, 1.165) is 25.0 Å². The second kappa shape index (κ2) is 7.59. The molecule has 1 unspecified atom stereocenters. The van der Waals surface area contributed by atoms with Gasteiger partial charge in [0.1, 0.15) is 17.8 Å². The van der Waals surface area contributed by atoms with Gasteiger partial charge in [0.05, 0.1) is 18.2 Å². The molecule has 1 fully saturated rings. The number of benzene rings is 1. The van der Waals surface area contributed by atoms with Gasteiger partial charge in [0, 0.05) is 19.7 Å². The highest BCUT2D eigenvalue weighted by Crippen LogP contribution is 2.18. The lowest BCUT2D eigenvalue weighted by molar-refractivity contribution is 0.0506. The average Bonchev–Trinajstić information content (AvgIpc) is 3.25. The van der Waals surface area contributed by atoms with Crippen molar-refractivity contribution in [3.63, 3.8) is 0 Å². The zero-order valence-corrected chi connectivity index (χ0v) is 13.4. The van der Waals surface area contributed by atoms with Crippen LogP contribution < -0.4 is 5.73 Å². The molecule has 6 heteroatoms. The van der Waals surface area contributed by atoms with Crippen LogP contribution in [0, 0.1) is 5.82 Å². The molecule has 0 spiro atoms. The van der Waals surface area contributed by atoms with Crippen LogP contribution in [0.25, 0.3) is 0 Å². The molecule has 1 aromatic carbocycles. The first-order valence-electron chi connectivity index (χ1n) is 8.08. The molecule has 1 atom stereocenters. The van der Waals surface area contributed by atoms with Crippen LogP contribution in [0.3, 0.4) is 0 Å². The molecule has 1 aliphatic rings. The van der Waals surface area contributed by atoms with Crippen molar-refractivity contribution < 1.29 is 18.3 Å². The molecule has 3 rings (SSSR count). The van der Waals surface area contributed by atoms with Crippen LogP contribution in [-0.4, -0.2) is 30.1 Å². The van der Waals surface area contributed by atoms with Gasteiger partial charge in [0.2, 0.25) is 0 Å². The number of halogens is 1. The van der Waals surface area contributed by atoms with Crippen molar-refractivity contribution in [2.24, 2.45) is 5.73 Å². The molecular weight excluding hydrogens is 311 g/mol. The Morgan fingerprint density at radius 3 is 2.92 bits per heavy atom. The van der Waals surface area contributed by atoms with E-state index in [-0.39, 0.29) is 24.4 Å². The third-order valence-electron chi connectivity index (χ3n) is 4.10. The molecule has 2 aromatic rings. The highest BCUT2D eigenvalue weighted by Gasteiger charge is 2.24. The second-order valence-corrected chi connectivity index (χ2v) is 5.96. The van der Waals surface area contributed by atoms with E-state index in [1.807, 2.05) is 0 Å². The zero-order valence-electron chi connectivity index (χ0n) is 13.4. The van der Waals surface area contributed by atoms with Crippen LogP contribution in [0.1, 0.15) is 34.5 Å². The molecule has 128 valence electrons. The number of carbonyl (C=O) groups excluding carboxylic acids is 1. The van der Waals surface area contributed by atoms with Gasteiger partial charge in [-0.3, -0.25) is 4.79 Å². The van der Waals surface area contributed by atoms with E-state index in [1.54, 1.807) is 23.1 Å². The normalized spacial score (nSPS) is 17.2. The number of nitrogens with two attached hydrogens (primary N) is 1. The SMILES string of the molecule is NCc1cc(C(=O)N(Cc2cccc(F)c2)CC2CCCO2)co1. The maximum absolute atomic E-state index is 13.4. The summed E-state index contributed by atoms with van der Waals surface area (Å²) >= 11 is 0. The van der Waals surface area contributed by atoms with Crippen LogP contribution in [0.15, 0.2) is 41.0 Å². The minimum atomic E-state index is -0.314. The molecular formula is C18H21FN2O3. The molecule has 1 saturated heterocycles. The molecule has 1 amide bonds. The Kier molecular flexibility index (Phi) is 5.27. The fourth-order valence-electron chi connectivity index (χ4n) is 2.89. The van der Waals surface area contributed by atoms with Gasteiger partial charge >= 0.3 is 0 Å². The first-order valence-corrected chi connectivity index (χ1v) is 8.08. The van der Waals surface area contributed by atoms with Crippen molar-refractivity contribution in [3.05, 3.63) is 59.3 Å². The van der Waals surface area contributed by atoms with E-state index in [4.69, 9.17) is 14.9 Å². The lowest BCUT2D eigenvalue weighted by Gasteiger charge is -2.25. The van der Waals surface area contributed by atoms with E-state index >= 15 is 0 Å². The van der Waals surface area contributed by atoms with Crippen molar-refractivity contribution in [1.82, 2.24) is 4.90 Å². The Morgan fingerprint density at radius 2 is 2.25 bits per heavy atom. The third-order valence-corrected chi connectivity index (χ3v) is 4.10. The predicted molar refractivity (Wildman–Crippen MR) is 86.7 cm³/mol. The molecule has 24 heavy (non-hydrogen) atoms. The molecule has 0 aliphatic carbocycles. The van der Waals surface area contributed by atoms with Gasteiger partial charge in [-0.05, 0) is 36.6 Å². The summed E-state index contributed by atoms with van der Waals surface area (Å²) in [4.78, 5) is 14.5. The van der Waals surface area contributed by atoms with Crippen LogP contribution in [0.4, 0.5) is 4.39 Å². The standard InChI is InChI=1S/C18H21FN2O3/c19-15-4-1-3-13(7-15)10-21(11-16-5-2-6-23-16)18(22)14-8-17(9-20)24-12-14/h1,3-4,7-8,12,16H,2,5-6,9-11,20H2. The first kappa shape index (κ1) is 16.7. The number of hydrogen-bond acceptors (Lipinski definition) is 4. The van der Waals surface area contributed by atoms with Gasteiger partial charge < -0.3 is 19.8 Å². The summed E-state index contributed by atoms with van der Waals surface area (Å²) in [6.07, 6.45) is 3.35. The van der Waals surface area contributed by atoms with Gasteiger partial charge in [-0.2, -0.15) is 0 Å². The largest absolute Gasteiger partial charge is 0.467 e. The summed E-state index contributed by atoms with van der Waals surface area (Å²) in [5.74, 6) is 0.0742. The quantitative estimate of drug-likeness (QED) is 0.883. The van der Waals surface area contributed by atoms with Crippen molar-refractivity contribution in [2.45, 2.75) is 32.0 Å². The Hall–Kier alpha value is -2.18. The monoisotopic (exact) mass is 332 g/mol. The smallest absolute Gasteiger partial charge is 0.257 e. The molecule has 0 radical (unpaired) electrons. The summed E-state index contributed by atoms with van der Waals surface area (Å²) in [6, 6.07) is 7.93. The van der Waals surface area contributed by atoms with E-state index < -0.39 is 0 Å². The minimum absolute atomic E-state index is 0.0170. The topological polar surface area (TPSA) is 68.7 Å². The molecule has 1 aliphatic heterocycles. The van der Waals surface area contributed by atoms with Gasteiger partial charge in [-0.25, -0.2) is 4.39 Å². The number of nitrogens with zero attached hydrogens (tertiary/aromatic N) is 1. The fraction of sp³-hybridized carbons (Fsp3) is 0.389. The number of rotatable bonds is 6. The number of amides is 1. The van der Waals surface area contributed by atoms with Crippen LogP contribution in [0.5, 0.6) is 0 Å². The van der Waals surface area contributed by atoms with Gasteiger partial charge in [-0.15, -0.1) is 0 Å². The maximum atomic E-state index is 13.4. The summed E-state index contributed by atoms with van der Waals surface area (Å²) in [6.45, 7) is 1.75. The summed E-state index contributed by atoms with van der Waals surface area (Å²) in [5, 5.41) is 0. The first-order chi connectivity index (χ1) is 11.7. The lowest BCUT2D eigenvalue weighted by atomic mass is 10.1. The number of ether oxygens (including phenoxy) is 1. The lowest BCUT2D eigenvalue weighted by Crippen LogP contribution is -2.36. The number of furan rings is 1. The maximum Gasteiger partial charge on any atom is 0.257 e. The minimum Gasteiger partial charge on any atom is -0.467 e. The summed E-state index contributed by atoms with van der Waals surface area (Å²) < 4.78 is 24.3. The molecule has 0 bridgehead atoms. The Bertz CT molecular complexity index is 695. The van der Waals surface area contributed by atoms with Gasteiger partial charge in [-0.1, -0.05) is 12.1 Å². The van der Waals surface area contributed by atoms with Crippen LogP contribution >= 0.6 is 0 Å². The van der Waals surface area contributed by atoms with E-state index in [2.05, 4.69) is 0 Å². The molecule has 2 heterocycles. The molecule has 5 nitrogen and oxygen atoms in total. The number of hydrogen-bond donors (Lipinski definition) is 1. The molecule has 2 N–H and O–H groups in total. The highest BCUT2D eigenvalue weighted by atomic mass is 19.1. The fourth-order valence-corrected chi connectivity index (χ4v) is 2.89. The van der Waals surface area contributed by atoms with E-state index in [1.165, 1.54) is 18.4 Å². The Balaban J connectivity index is 1.78. The molecule has 0 saturated carbocycles. The average molecular weight is 332 g/mol. The van der Waals surface area contributed by atoms with E-state index in [9.17, 15) is 9.18 Å². The van der Waals surface area contributed by atoms with Crippen LogP contribution in [-0.2, 0) is 17.8 Å². The van der Waals surface area contributed by atoms with Crippen LogP contribution in [0.2, 0.25) is 0 Å². The molecule has 1 aromatic heterocycles. The van der Waals surface area contributed by atoms with Crippen molar-refractivity contribution >= 4 is 5.91 Å². The predicted octanol–water partition coefficient (Wildman–Crippen LogP) is 2.70. The number of carbonyl (C=O) groups is 1. The van der Waals surface area contributed by atoms with E-state index in [0.29, 0.717) is 24.4 Å². The Labute approximate surface area is 140 Å². The zero-order chi connectivity index (χ0) is 16.9. The summed E-state index contributed by atoms with van der Waals surface area (Å²) in [7, 11) is 0. The third kappa shape index (κ3) is 4.01. The van der Waals surface area contributed by atoms with Crippen molar-refractivity contribution in [3.8, 4) is 0 Å². The van der Waals surface area contributed by atoms with Gasteiger partial charge in [0.25, 0.3) is 5.91 Å².